The fraction of sp³-hybridized carbons (Fsp3) is 0.238. The number of nitrogens with one attached hydrogen (secondary N) is 1. The quantitative estimate of drug-likeness (QED) is 0.734. The zero-order valence-electron chi connectivity index (χ0n) is 16.0. The maximum absolute atomic E-state index is 12.9. The summed E-state index contributed by atoms with van der Waals surface area (Å²) in [5.41, 5.74) is 5.28. The SMILES string of the molecule is COc1ccc(C(=O)Nc2c3c(nn2-c2cccc(C)c2C)C[S@@](=O)C3)cc1. The van der Waals surface area contributed by atoms with Gasteiger partial charge in [-0.15, -0.1) is 0 Å². The highest BCUT2D eigenvalue weighted by atomic mass is 32.2. The van der Waals surface area contributed by atoms with Crippen LogP contribution in [-0.4, -0.2) is 27.0 Å². The summed E-state index contributed by atoms with van der Waals surface area (Å²) >= 11 is 0. The Hall–Kier alpha value is -2.93. The molecule has 28 heavy (non-hydrogen) atoms. The maximum atomic E-state index is 12.9. The average molecular weight is 395 g/mol. The average Bonchev–Trinajstić information content (AvgIpc) is 3.21. The van der Waals surface area contributed by atoms with Crippen molar-refractivity contribution in [3.8, 4) is 11.4 Å². The van der Waals surface area contributed by atoms with Crippen molar-refractivity contribution >= 4 is 22.5 Å². The molecule has 0 saturated carbocycles. The van der Waals surface area contributed by atoms with Gasteiger partial charge in [0.1, 0.15) is 11.6 Å². The van der Waals surface area contributed by atoms with Gasteiger partial charge in [-0.3, -0.25) is 9.00 Å². The van der Waals surface area contributed by atoms with Crippen LogP contribution in [0.3, 0.4) is 0 Å². The van der Waals surface area contributed by atoms with Crippen LogP contribution in [-0.2, 0) is 22.3 Å². The highest BCUT2D eigenvalue weighted by Crippen LogP contribution is 2.33. The number of benzene rings is 2. The maximum Gasteiger partial charge on any atom is 0.256 e. The summed E-state index contributed by atoms with van der Waals surface area (Å²) in [6, 6.07) is 12.9. The van der Waals surface area contributed by atoms with Gasteiger partial charge in [0, 0.05) is 21.9 Å². The molecule has 2 aromatic carbocycles. The van der Waals surface area contributed by atoms with Gasteiger partial charge >= 0.3 is 0 Å². The van der Waals surface area contributed by atoms with E-state index in [0.29, 0.717) is 28.6 Å². The van der Waals surface area contributed by atoms with E-state index in [4.69, 9.17) is 4.74 Å². The van der Waals surface area contributed by atoms with E-state index in [-0.39, 0.29) is 5.91 Å². The van der Waals surface area contributed by atoms with Crippen LogP contribution in [0.4, 0.5) is 5.82 Å². The summed E-state index contributed by atoms with van der Waals surface area (Å²) in [6.07, 6.45) is 0. The predicted molar refractivity (Wildman–Crippen MR) is 110 cm³/mol. The van der Waals surface area contributed by atoms with Crippen molar-refractivity contribution in [2.45, 2.75) is 25.4 Å². The molecule has 1 amide bonds. The molecule has 1 aliphatic rings. The zero-order chi connectivity index (χ0) is 19.8. The number of carbonyl (C=O) groups is 1. The lowest BCUT2D eigenvalue weighted by molar-refractivity contribution is 0.102. The van der Waals surface area contributed by atoms with E-state index in [9.17, 15) is 9.00 Å². The molecule has 144 valence electrons. The number of rotatable bonds is 4. The lowest BCUT2D eigenvalue weighted by Gasteiger charge is -2.14. The first-order valence-corrected chi connectivity index (χ1v) is 10.4. The summed E-state index contributed by atoms with van der Waals surface area (Å²) in [6.45, 7) is 4.07. The fourth-order valence-electron chi connectivity index (χ4n) is 3.32. The van der Waals surface area contributed by atoms with Crippen LogP contribution in [0.1, 0.15) is 32.7 Å². The number of amides is 1. The van der Waals surface area contributed by atoms with Crippen LogP contribution in [0.25, 0.3) is 5.69 Å². The summed E-state index contributed by atoms with van der Waals surface area (Å²) in [5, 5.41) is 7.67. The van der Waals surface area contributed by atoms with E-state index in [2.05, 4.69) is 10.4 Å². The van der Waals surface area contributed by atoms with Crippen molar-refractivity contribution in [3.63, 3.8) is 0 Å². The monoisotopic (exact) mass is 395 g/mol. The van der Waals surface area contributed by atoms with Crippen molar-refractivity contribution in [3.05, 3.63) is 70.4 Å². The van der Waals surface area contributed by atoms with Gasteiger partial charge in [0.15, 0.2) is 0 Å². The van der Waals surface area contributed by atoms with E-state index >= 15 is 0 Å². The molecule has 2 heterocycles. The third kappa shape index (κ3) is 3.22. The summed E-state index contributed by atoms with van der Waals surface area (Å²) in [4.78, 5) is 12.9. The third-order valence-electron chi connectivity index (χ3n) is 5.06. The topological polar surface area (TPSA) is 73.2 Å². The van der Waals surface area contributed by atoms with E-state index in [1.165, 1.54) is 0 Å². The molecule has 1 aromatic heterocycles. The Bertz CT molecular complexity index is 1090. The molecule has 0 unspecified atom stereocenters. The number of ether oxygens (including phenoxy) is 1. The van der Waals surface area contributed by atoms with Gasteiger partial charge in [0.05, 0.1) is 30.0 Å². The van der Waals surface area contributed by atoms with Crippen molar-refractivity contribution in [1.82, 2.24) is 9.78 Å². The molecule has 0 radical (unpaired) electrons. The number of hydrogen-bond acceptors (Lipinski definition) is 4. The first kappa shape index (κ1) is 18.4. The van der Waals surface area contributed by atoms with Crippen LogP contribution < -0.4 is 10.1 Å². The second kappa shape index (κ2) is 7.24. The van der Waals surface area contributed by atoms with Crippen molar-refractivity contribution in [1.29, 1.82) is 0 Å². The molecule has 7 heteroatoms. The lowest BCUT2D eigenvalue weighted by atomic mass is 10.1. The minimum absolute atomic E-state index is 0.241. The van der Waals surface area contributed by atoms with Gasteiger partial charge in [-0.2, -0.15) is 5.10 Å². The molecule has 0 spiro atoms. The molecule has 1 atom stereocenters. The lowest BCUT2D eigenvalue weighted by Crippen LogP contribution is -2.17. The van der Waals surface area contributed by atoms with Crippen molar-refractivity contribution < 1.29 is 13.7 Å². The number of hydrogen-bond donors (Lipinski definition) is 1. The van der Waals surface area contributed by atoms with Gasteiger partial charge < -0.3 is 10.1 Å². The minimum Gasteiger partial charge on any atom is -0.497 e. The van der Waals surface area contributed by atoms with Crippen LogP contribution in [0.2, 0.25) is 0 Å². The van der Waals surface area contributed by atoms with Crippen LogP contribution >= 0.6 is 0 Å². The zero-order valence-corrected chi connectivity index (χ0v) is 16.8. The highest BCUT2D eigenvalue weighted by Gasteiger charge is 2.29. The molecule has 6 nitrogen and oxygen atoms in total. The Balaban J connectivity index is 1.76. The number of anilines is 1. The van der Waals surface area contributed by atoms with Gasteiger partial charge in [0.25, 0.3) is 5.91 Å². The molecule has 0 fully saturated rings. The summed E-state index contributed by atoms with van der Waals surface area (Å²) in [7, 11) is 0.604. The smallest absolute Gasteiger partial charge is 0.256 e. The van der Waals surface area contributed by atoms with Gasteiger partial charge in [0.2, 0.25) is 0 Å². The number of aromatic nitrogens is 2. The van der Waals surface area contributed by atoms with Crippen molar-refractivity contribution in [2.24, 2.45) is 0 Å². The highest BCUT2D eigenvalue weighted by molar-refractivity contribution is 7.83. The largest absolute Gasteiger partial charge is 0.497 e. The Labute approximate surface area is 166 Å². The normalized spacial score (nSPS) is 15.3. The number of fused-ring (bicyclic) bond motifs is 1. The Kier molecular flexibility index (Phi) is 4.77. The minimum atomic E-state index is -0.980. The first-order chi connectivity index (χ1) is 13.5. The molecule has 4 rings (SSSR count). The predicted octanol–water partition coefficient (Wildman–Crippen LogP) is 3.51. The van der Waals surface area contributed by atoms with Crippen molar-refractivity contribution in [2.75, 3.05) is 12.4 Å². The summed E-state index contributed by atoms with van der Waals surface area (Å²) < 4.78 is 19.0. The van der Waals surface area contributed by atoms with Gasteiger partial charge in [-0.25, -0.2) is 4.68 Å². The second-order valence-corrected chi connectivity index (χ2v) is 8.27. The molecule has 1 N–H and O–H groups in total. The third-order valence-corrected chi connectivity index (χ3v) is 6.26. The molecule has 3 aromatic rings. The van der Waals surface area contributed by atoms with E-state index < -0.39 is 10.8 Å². The first-order valence-electron chi connectivity index (χ1n) is 8.95. The molecule has 0 bridgehead atoms. The Morgan fingerprint density at radius 2 is 1.89 bits per heavy atom. The molecule has 0 saturated heterocycles. The van der Waals surface area contributed by atoms with E-state index in [1.54, 1.807) is 36.1 Å². The number of nitrogens with zero attached hydrogens (tertiary/aromatic N) is 2. The summed E-state index contributed by atoms with van der Waals surface area (Å²) in [5.74, 6) is 1.86. The van der Waals surface area contributed by atoms with Crippen LogP contribution in [0.5, 0.6) is 5.75 Å². The standard InChI is InChI=1S/C21H21N3O3S/c1-13-5-4-6-19(14(13)2)24-20(17-11-28(26)12-18(17)23-24)22-21(25)15-7-9-16(27-3)10-8-15/h4-10H,11-12H2,1-3H3,(H,22,25)/t28-/m0/s1. The van der Waals surface area contributed by atoms with Crippen LogP contribution in [0.15, 0.2) is 42.5 Å². The molecule has 0 aliphatic carbocycles. The van der Waals surface area contributed by atoms with Gasteiger partial charge in [-0.05, 0) is 55.3 Å². The second-order valence-electron chi connectivity index (χ2n) is 6.82. The number of carbonyl (C=O) groups excluding carboxylic acids is 1. The molecule has 1 aliphatic heterocycles. The van der Waals surface area contributed by atoms with E-state index in [0.717, 1.165) is 28.1 Å². The Morgan fingerprint density at radius 1 is 1.14 bits per heavy atom. The van der Waals surface area contributed by atoms with Gasteiger partial charge in [-0.1, -0.05) is 12.1 Å². The molecular weight excluding hydrogens is 374 g/mol. The number of aryl methyl sites for hydroxylation is 1. The van der Waals surface area contributed by atoms with E-state index in [1.807, 2.05) is 32.0 Å². The fourth-order valence-corrected chi connectivity index (χ4v) is 4.58. The Morgan fingerprint density at radius 3 is 2.61 bits per heavy atom. The molecular formula is C21H21N3O3S. The van der Waals surface area contributed by atoms with Crippen LogP contribution in [0, 0.1) is 13.8 Å². The number of methoxy groups -OCH3 is 1.